The van der Waals surface area contributed by atoms with Crippen LogP contribution in [0.2, 0.25) is 0 Å². The van der Waals surface area contributed by atoms with E-state index >= 15 is 0 Å². The van der Waals surface area contributed by atoms with Crippen molar-refractivity contribution in [2.75, 3.05) is 26.0 Å². The van der Waals surface area contributed by atoms with E-state index in [0.717, 1.165) is 154 Å². The van der Waals surface area contributed by atoms with Gasteiger partial charge in [0.15, 0.2) is 24.8 Å². The van der Waals surface area contributed by atoms with E-state index in [1.807, 2.05) is 0 Å². The van der Waals surface area contributed by atoms with Gasteiger partial charge < -0.3 is 89.3 Å². The molecular formula is C70H134N2O23P2. The molecule has 0 saturated carbocycles. The first-order valence-electron chi connectivity index (χ1n) is 37.8. The fourth-order valence-corrected chi connectivity index (χ4v) is 13.5. The molecule has 12 N–H and O–H groups in total. The molecule has 2 amide bonds. The van der Waals surface area contributed by atoms with Gasteiger partial charge in [0, 0.05) is 0 Å². The quantitative estimate of drug-likeness (QED) is 0.0153. The van der Waals surface area contributed by atoms with Crippen molar-refractivity contribution in [3.63, 3.8) is 0 Å². The highest BCUT2D eigenvalue weighted by Crippen LogP contribution is 2.43. The van der Waals surface area contributed by atoms with Crippen molar-refractivity contribution in [2.45, 2.75) is 396 Å². The average molecular weight is 1430 g/mol. The normalized spacial score (nSPS) is 22.8. The van der Waals surface area contributed by atoms with Gasteiger partial charge >= 0.3 is 27.4 Å². The van der Waals surface area contributed by atoms with Gasteiger partial charge in [-0.05, 0) is 25.7 Å². The Morgan fingerprint density at radius 3 is 1.07 bits per heavy atom. The van der Waals surface area contributed by atoms with E-state index in [1.165, 1.54) is 51.4 Å². The molecule has 0 radical (unpaired) electrons. The van der Waals surface area contributed by atoms with Crippen molar-refractivity contribution >= 4 is 39.2 Å². The van der Waals surface area contributed by atoms with Crippen LogP contribution in [-0.4, -0.2) is 186 Å². The zero-order valence-electron chi connectivity index (χ0n) is 59.7. The number of amides is 2. The Morgan fingerprint density at radius 2 is 0.732 bits per heavy atom. The van der Waals surface area contributed by atoms with E-state index in [-0.39, 0.29) is 25.7 Å². The van der Waals surface area contributed by atoms with E-state index in [1.54, 1.807) is 0 Å². The molecule has 2 fully saturated rings. The third-order valence-electron chi connectivity index (χ3n) is 18.2. The molecular weight excluding hydrogens is 1300 g/mol. The molecule has 25 nitrogen and oxygen atoms in total. The van der Waals surface area contributed by atoms with Gasteiger partial charge in [0.2, 0.25) is 11.8 Å². The number of unbranched alkanes of at least 4 members (excludes halogenated alkanes) is 32. The number of hydrogen-bond acceptors (Lipinski definition) is 19. The Bertz CT molecular complexity index is 2110. The van der Waals surface area contributed by atoms with Crippen molar-refractivity contribution in [2.24, 2.45) is 0 Å². The highest BCUT2D eigenvalue weighted by Gasteiger charge is 2.54. The van der Waals surface area contributed by atoms with Crippen LogP contribution >= 0.6 is 15.4 Å². The van der Waals surface area contributed by atoms with Crippen LogP contribution in [0, 0.1) is 0 Å². The van der Waals surface area contributed by atoms with Crippen LogP contribution in [0.25, 0.3) is 0 Å². The lowest BCUT2D eigenvalue weighted by Crippen LogP contribution is -2.68. The smallest absolute Gasteiger partial charge is 0.457 e. The monoisotopic (exact) mass is 1430 g/mol. The highest BCUT2D eigenvalue weighted by atomic mass is 31.2. The van der Waals surface area contributed by atoms with Crippen LogP contribution in [0.1, 0.15) is 310 Å². The summed E-state index contributed by atoms with van der Waals surface area (Å²) in [4.78, 5) is 96.2. The fourth-order valence-electron chi connectivity index (χ4n) is 12.6. The molecule has 0 bridgehead atoms. The first-order valence-corrected chi connectivity index (χ1v) is 41.1. The zero-order chi connectivity index (χ0) is 71.7. The molecule has 2 aliphatic heterocycles. The molecule has 2 heterocycles. The van der Waals surface area contributed by atoms with E-state index < -0.39 is 177 Å². The third kappa shape index (κ3) is 44.8. The molecule has 572 valence electrons. The number of rotatable bonds is 62. The number of carbonyl (C=O) groups is 4. The highest BCUT2D eigenvalue weighted by molar-refractivity contribution is 7.51. The van der Waals surface area contributed by atoms with Crippen molar-refractivity contribution in [1.82, 2.24) is 10.6 Å². The minimum absolute atomic E-state index is 0.207. The number of esters is 2. The van der Waals surface area contributed by atoms with E-state index in [9.17, 15) is 78.5 Å². The van der Waals surface area contributed by atoms with E-state index in [0.29, 0.717) is 25.7 Å². The summed E-state index contributed by atoms with van der Waals surface area (Å²) >= 11 is 0. The van der Waals surface area contributed by atoms with E-state index in [4.69, 9.17) is 32.9 Å². The van der Waals surface area contributed by atoms with Gasteiger partial charge in [-0.25, -0.2) is 4.57 Å². The second-order valence-electron chi connectivity index (χ2n) is 27.4. The van der Waals surface area contributed by atoms with Gasteiger partial charge in [-0.2, -0.15) is 0 Å². The predicted octanol–water partition coefficient (Wildman–Crippen LogP) is 11.0. The van der Waals surface area contributed by atoms with Crippen LogP contribution in [0.5, 0.6) is 0 Å². The van der Waals surface area contributed by atoms with Crippen LogP contribution in [0.3, 0.4) is 0 Å². The number of aliphatic hydroxyl groups excluding tert-OH is 6. The van der Waals surface area contributed by atoms with Crippen molar-refractivity contribution < 1.29 is 111 Å². The third-order valence-corrected chi connectivity index (χ3v) is 19.5. The van der Waals surface area contributed by atoms with Crippen molar-refractivity contribution in [3.05, 3.63) is 0 Å². The molecule has 2 saturated heterocycles. The summed E-state index contributed by atoms with van der Waals surface area (Å²) in [5.74, 6) is -3.77. The Labute approximate surface area is 580 Å². The Kier molecular flexibility index (Phi) is 51.8. The number of ether oxygens (including phenoxy) is 6. The largest absolute Gasteiger partial charge is 0.470 e. The first kappa shape index (κ1) is 90.8. The van der Waals surface area contributed by atoms with Crippen LogP contribution in [0.15, 0.2) is 0 Å². The number of nitrogens with one attached hydrogen (secondary N) is 2. The summed E-state index contributed by atoms with van der Waals surface area (Å²) in [7, 11) is -10.3. The molecule has 0 aromatic heterocycles. The lowest BCUT2D eigenvalue weighted by Gasteiger charge is -2.47. The second-order valence-corrected chi connectivity index (χ2v) is 30.4. The topological polar surface area (TPSA) is 393 Å². The molecule has 0 unspecified atom stereocenters. The predicted molar refractivity (Wildman–Crippen MR) is 370 cm³/mol. The maximum atomic E-state index is 14.1. The van der Waals surface area contributed by atoms with Crippen LogP contribution in [0.4, 0.5) is 0 Å². The van der Waals surface area contributed by atoms with Gasteiger partial charge in [0.05, 0.1) is 76.1 Å². The van der Waals surface area contributed by atoms with Gasteiger partial charge in [-0.3, -0.25) is 28.3 Å². The molecule has 0 aromatic carbocycles. The molecule has 0 aliphatic carbocycles. The lowest BCUT2D eigenvalue weighted by molar-refractivity contribution is -0.304. The fraction of sp³-hybridized carbons (Fsp3) is 0.943. The number of aliphatic hydroxyl groups is 6. The summed E-state index contributed by atoms with van der Waals surface area (Å²) < 4.78 is 66.3. The number of phosphoric ester groups is 1. The summed E-state index contributed by atoms with van der Waals surface area (Å²) in [6.07, 6.45) is 14.7. The molecule has 27 heteroatoms. The second kappa shape index (κ2) is 55.3. The van der Waals surface area contributed by atoms with Crippen LogP contribution < -0.4 is 10.6 Å². The molecule has 0 spiro atoms. The molecule has 0 aromatic rings. The molecule has 14 atom stereocenters. The minimum atomic E-state index is -5.55. The molecule has 97 heavy (non-hydrogen) atoms. The summed E-state index contributed by atoms with van der Waals surface area (Å²) in [5.41, 5.74) is 0. The first-order chi connectivity index (χ1) is 46.4. The van der Waals surface area contributed by atoms with Crippen molar-refractivity contribution in [1.29, 1.82) is 0 Å². The lowest BCUT2D eigenvalue weighted by atomic mass is 9.95. The van der Waals surface area contributed by atoms with Crippen molar-refractivity contribution in [3.8, 4) is 0 Å². The number of carbonyl (C=O) groups excluding carboxylic acids is 4. The standard InChI is InChI=1S/C70H134N2O23P2/c1-5-9-13-17-21-25-29-33-37-41-53(74)47-59(78)71-63-67(93-61(80)49-55(76)43-39-35-31-27-23-19-15-11-7-3)65(82)58(92-69(63)89-45-46-96(83,84)85)52-90-70-64(72-60(79)48-54(75)42-38-34-30-26-22-18-14-10-6-2)68(66(57(51-73)91-70)95-97(86,87)88)94-62(81)50-56(77)44-40-36-32-28-24-20-16-12-8-4/h53-58,63-70,73-77,82H,5-52H2,1-4H3,(H,71,78)(H,72,79)(H2,83,84,85)(H2,86,87,88)/t53-,54-,55-,56-,57-,58-,63-,64-,65-,66-,67-,68-,69+,70-/m1/s1. The summed E-state index contributed by atoms with van der Waals surface area (Å²) in [6, 6.07) is -3.45. The number of phosphoric acid groups is 1. The Hall–Kier alpha value is -2.26. The SMILES string of the molecule is CCCCCCCCCCC[C@@H](O)CC(=O)N[C@H]1[C@H](OC[C@H]2O[C@H](OCCP(=O)(O)O)[C@H](NC(=O)C[C@H](O)CCCCCCCCCCC)[C@@H](OC(=O)C[C@H](O)CCCCCCCCCCC)[C@@H]2O)O[C@H](CO)[C@@H](OP(=O)(O)O)[C@@H]1OC(=O)C[C@H](O)CCCCCCCCCCC. The van der Waals surface area contributed by atoms with Gasteiger partial charge in [0.1, 0.15) is 36.5 Å². The van der Waals surface area contributed by atoms with Gasteiger partial charge in [-0.1, -0.05) is 259 Å². The van der Waals surface area contributed by atoms with Gasteiger partial charge in [0.25, 0.3) is 0 Å². The molecule has 2 aliphatic rings. The summed E-state index contributed by atoms with van der Waals surface area (Å²) in [5, 5.41) is 72.8. The maximum Gasteiger partial charge on any atom is 0.470 e. The van der Waals surface area contributed by atoms with Gasteiger partial charge in [-0.15, -0.1) is 0 Å². The summed E-state index contributed by atoms with van der Waals surface area (Å²) in [6.45, 7) is 5.99. The zero-order valence-corrected chi connectivity index (χ0v) is 61.5. The van der Waals surface area contributed by atoms with Crippen LogP contribution in [-0.2, 0) is 61.3 Å². The minimum Gasteiger partial charge on any atom is -0.457 e. The van der Waals surface area contributed by atoms with E-state index in [2.05, 4.69) is 38.3 Å². The Morgan fingerprint density at radius 1 is 0.423 bits per heavy atom. The molecule has 2 rings (SSSR count). The maximum absolute atomic E-state index is 14.1. The number of hydrogen-bond donors (Lipinski definition) is 12. The average Bonchev–Trinajstić information content (AvgIpc) is 0.787. The Balaban J connectivity index is 2.58.